The zero-order valence-corrected chi connectivity index (χ0v) is 14.9. The van der Waals surface area contributed by atoms with Crippen molar-refractivity contribution in [1.29, 1.82) is 0 Å². The largest absolute Gasteiger partial charge is 0.307 e. The van der Waals surface area contributed by atoms with Gasteiger partial charge in [-0.25, -0.2) is 9.97 Å². The lowest BCUT2D eigenvalue weighted by atomic mass is 10.1. The maximum Gasteiger partial charge on any atom is 0.223 e. The summed E-state index contributed by atoms with van der Waals surface area (Å²) in [7, 11) is 0. The number of amides is 1. The minimum Gasteiger partial charge on any atom is -0.307 e. The number of imidazole rings is 1. The minimum absolute atomic E-state index is 0.0960. The zero-order chi connectivity index (χ0) is 17.4. The summed E-state index contributed by atoms with van der Waals surface area (Å²) in [5.41, 5.74) is 5.47. The number of nitrogens with one attached hydrogen (secondary N) is 1. The molecule has 4 rings (SSSR count). The van der Waals surface area contributed by atoms with E-state index in [0.717, 1.165) is 34.4 Å². The van der Waals surface area contributed by atoms with Crippen LogP contribution in [0.15, 0.2) is 42.7 Å². The van der Waals surface area contributed by atoms with Crippen LogP contribution in [0.5, 0.6) is 0 Å². The summed E-state index contributed by atoms with van der Waals surface area (Å²) < 4.78 is 3.15. The first-order valence-corrected chi connectivity index (χ1v) is 9.00. The summed E-state index contributed by atoms with van der Waals surface area (Å²) >= 11 is 1.50. The number of fused-ring (bicyclic) bond motifs is 2. The highest BCUT2D eigenvalue weighted by atomic mass is 32.1. The number of hydrogen-bond donors (Lipinski definition) is 1. The molecular weight excluding hydrogens is 332 g/mol. The van der Waals surface area contributed by atoms with Gasteiger partial charge in [0.1, 0.15) is 5.65 Å². The van der Waals surface area contributed by atoms with Gasteiger partial charge in [-0.05, 0) is 55.2 Å². The van der Waals surface area contributed by atoms with E-state index in [2.05, 4.69) is 52.1 Å². The number of hydrogen-bond acceptors (Lipinski definition) is 4. The molecule has 3 heterocycles. The van der Waals surface area contributed by atoms with E-state index in [-0.39, 0.29) is 5.91 Å². The lowest BCUT2D eigenvalue weighted by molar-refractivity contribution is -0.114. The fraction of sp³-hybridized carbons (Fsp3) is 0.211. The Balaban J connectivity index is 1.52. The van der Waals surface area contributed by atoms with Crippen LogP contribution >= 0.6 is 11.3 Å². The predicted molar refractivity (Wildman–Crippen MR) is 101 cm³/mol. The Morgan fingerprint density at radius 2 is 2.08 bits per heavy atom. The summed E-state index contributed by atoms with van der Waals surface area (Å²) in [6.45, 7) is 3.57. The molecule has 0 aliphatic carbocycles. The first-order valence-electron chi connectivity index (χ1n) is 8.18. The second kappa shape index (κ2) is 6.29. The maximum absolute atomic E-state index is 11.2. The summed E-state index contributed by atoms with van der Waals surface area (Å²) in [6, 6.07) is 10.4. The number of benzene rings is 1. The number of anilines is 1. The number of nitrogens with zero attached hydrogens (tertiary/aromatic N) is 3. The molecule has 0 saturated carbocycles. The van der Waals surface area contributed by atoms with E-state index >= 15 is 0 Å². The lowest BCUT2D eigenvalue weighted by Gasteiger charge is -1.99. The Hall–Kier alpha value is -2.73. The summed E-state index contributed by atoms with van der Waals surface area (Å²) in [5, 5.41) is 3.40. The van der Waals surface area contributed by atoms with Crippen molar-refractivity contribution in [1.82, 2.24) is 14.4 Å². The molecule has 25 heavy (non-hydrogen) atoms. The van der Waals surface area contributed by atoms with Crippen LogP contribution in [-0.4, -0.2) is 20.3 Å². The quantitative estimate of drug-likeness (QED) is 0.605. The van der Waals surface area contributed by atoms with Gasteiger partial charge in [0.15, 0.2) is 5.13 Å². The van der Waals surface area contributed by atoms with Crippen molar-refractivity contribution < 1.29 is 4.79 Å². The zero-order valence-electron chi connectivity index (χ0n) is 14.1. The number of rotatable bonds is 4. The molecule has 5 nitrogen and oxygen atoms in total. The van der Waals surface area contributed by atoms with Crippen molar-refractivity contribution in [3.05, 3.63) is 59.5 Å². The molecule has 4 aromatic rings. The molecule has 0 fully saturated rings. The number of thiazole rings is 1. The molecule has 0 atom stereocenters. The minimum atomic E-state index is -0.0960. The molecule has 0 bridgehead atoms. The molecule has 0 spiro atoms. The van der Waals surface area contributed by atoms with Crippen LogP contribution in [0.1, 0.15) is 23.7 Å². The highest BCUT2D eigenvalue weighted by Crippen LogP contribution is 2.27. The fourth-order valence-corrected chi connectivity index (χ4v) is 3.83. The molecule has 6 heteroatoms. The van der Waals surface area contributed by atoms with Gasteiger partial charge in [-0.15, -0.1) is 0 Å². The van der Waals surface area contributed by atoms with Crippen LogP contribution in [0.2, 0.25) is 0 Å². The van der Waals surface area contributed by atoms with Gasteiger partial charge in [0, 0.05) is 19.3 Å². The molecule has 0 aliphatic heterocycles. The molecule has 0 aliphatic rings. The predicted octanol–water partition coefficient (Wildman–Crippen LogP) is 4.00. The van der Waals surface area contributed by atoms with Crippen molar-refractivity contribution in [3.63, 3.8) is 0 Å². The third-order valence-electron chi connectivity index (χ3n) is 4.07. The first kappa shape index (κ1) is 15.8. The van der Waals surface area contributed by atoms with Crippen molar-refractivity contribution >= 4 is 38.2 Å². The van der Waals surface area contributed by atoms with Crippen LogP contribution in [0.25, 0.3) is 15.9 Å². The summed E-state index contributed by atoms with van der Waals surface area (Å²) in [4.78, 5) is 20.3. The third kappa shape index (κ3) is 3.39. The molecule has 3 aromatic heterocycles. The third-order valence-corrected chi connectivity index (χ3v) is 5.00. The second-order valence-electron chi connectivity index (χ2n) is 6.20. The number of carbonyl (C=O) groups is 1. The van der Waals surface area contributed by atoms with Crippen molar-refractivity contribution in [3.8, 4) is 0 Å². The van der Waals surface area contributed by atoms with Crippen LogP contribution in [0.4, 0.5) is 5.13 Å². The average Bonchev–Trinajstić information content (AvgIpc) is 3.13. The van der Waals surface area contributed by atoms with E-state index in [1.54, 1.807) is 0 Å². The highest BCUT2D eigenvalue weighted by Gasteiger charge is 2.07. The number of aromatic nitrogens is 3. The standard InChI is InChI=1S/C19H18N4OS/c1-12-7-8-23-11-15(21-18(23)9-12)5-3-14-4-6-16-17(10-14)25-19(22-16)20-13(2)24/h4,6-11H,3,5H2,1-2H3,(H,20,22,24). The molecule has 1 amide bonds. The molecule has 0 saturated heterocycles. The van der Waals surface area contributed by atoms with Crippen molar-refractivity contribution in [2.24, 2.45) is 0 Å². The fourth-order valence-electron chi connectivity index (χ4n) is 2.86. The van der Waals surface area contributed by atoms with Gasteiger partial charge in [0.05, 0.1) is 15.9 Å². The molecule has 0 unspecified atom stereocenters. The van der Waals surface area contributed by atoms with E-state index in [0.29, 0.717) is 5.13 Å². The van der Waals surface area contributed by atoms with Crippen LogP contribution in [-0.2, 0) is 17.6 Å². The van der Waals surface area contributed by atoms with Crippen LogP contribution in [0, 0.1) is 6.92 Å². The molecule has 0 radical (unpaired) electrons. The molecule has 1 aromatic carbocycles. The van der Waals surface area contributed by atoms with Crippen LogP contribution < -0.4 is 5.32 Å². The molecule has 1 N–H and O–H groups in total. The molecular formula is C19H18N4OS. The van der Waals surface area contributed by atoms with Crippen molar-refractivity contribution in [2.45, 2.75) is 26.7 Å². The van der Waals surface area contributed by atoms with Gasteiger partial charge in [-0.3, -0.25) is 4.79 Å². The Morgan fingerprint density at radius 1 is 1.20 bits per heavy atom. The Kier molecular flexibility index (Phi) is 3.97. The Labute approximate surface area is 149 Å². The maximum atomic E-state index is 11.2. The summed E-state index contributed by atoms with van der Waals surface area (Å²) in [6.07, 6.45) is 5.96. The first-order chi connectivity index (χ1) is 12.1. The number of pyridine rings is 1. The SMILES string of the molecule is CC(=O)Nc1nc2ccc(CCc3cn4ccc(C)cc4n3)cc2s1. The van der Waals surface area contributed by atoms with Gasteiger partial charge in [-0.1, -0.05) is 17.4 Å². The topological polar surface area (TPSA) is 59.3 Å². The van der Waals surface area contributed by atoms with E-state index in [1.807, 2.05) is 12.3 Å². The van der Waals surface area contributed by atoms with Gasteiger partial charge >= 0.3 is 0 Å². The lowest BCUT2D eigenvalue weighted by Crippen LogP contribution is -2.04. The van der Waals surface area contributed by atoms with Crippen LogP contribution in [0.3, 0.4) is 0 Å². The van der Waals surface area contributed by atoms with Gasteiger partial charge in [0.25, 0.3) is 0 Å². The van der Waals surface area contributed by atoms with Gasteiger partial charge in [-0.2, -0.15) is 0 Å². The normalized spacial score (nSPS) is 11.3. The Bertz CT molecular complexity index is 1080. The van der Waals surface area contributed by atoms with E-state index in [9.17, 15) is 4.79 Å². The van der Waals surface area contributed by atoms with E-state index < -0.39 is 0 Å². The number of aryl methyl sites for hydroxylation is 3. The van der Waals surface area contributed by atoms with E-state index in [1.165, 1.54) is 29.4 Å². The average molecular weight is 350 g/mol. The summed E-state index contributed by atoms with van der Waals surface area (Å²) in [5.74, 6) is -0.0960. The molecule has 126 valence electrons. The van der Waals surface area contributed by atoms with Gasteiger partial charge in [0.2, 0.25) is 5.91 Å². The highest BCUT2D eigenvalue weighted by molar-refractivity contribution is 7.22. The monoisotopic (exact) mass is 350 g/mol. The smallest absolute Gasteiger partial charge is 0.223 e. The Morgan fingerprint density at radius 3 is 2.92 bits per heavy atom. The van der Waals surface area contributed by atoms with Gasteiger partial charge < -0.3 is 9.72 Å². The second-order valence-corrected chi connectivity index (χ2v) is 7.23. The van der Waals surface area contributed by atoms with E-state index in [4.69, 9.17) is 4.98 Å². The number of carbonyl (C=O) groups excluding carboxylic acids is 1. The van der Waals surface area contributed by atoms with Crippen molar-refractivity contribution in [2.75, 3.05) is 5.32 Å².